The molecular formula is C21H21N5O. The van der Waals surface area contributed by atoms with Crippen molar-refractivity contribution in [3.05, 3.63) is 72.1 Å². The molecule has 4 rings (SSSR count). The van der Waals surface area contributed by atoms with Crippen LogP contribution in [0.5, 0.6) is 5.75 Å². The van der Waals surface area contributed by atoms with E-state index in [1.165, 1.54) is 11.9 Å². The topological polar surface area (TPSA) is 55.5 Å². The summed E-state index contributed by atoms with van der Waals surface area (Å²) in [5, 5.41) is 4.35. The second-order valence-electron chi connectivity index (χ2n) is 6.51. The van der Waals surface area contributed by atoms with Gasteiger partial charge in [-0.2, -0.15) is 14.6 Å². The Balaban J connectivity index is 1.76. The maximum atomic E-state index is 5.53. The molecule has 0 unspecified atom stereocenters. The Morgan fingerprint density at radius 1 is 1.07 bits per heavy atom. The minimum atomic E-state index is 0.578. The van der Waals surface area contributed by atoms with Gasteiger partial charge >= 0.3 is 0 Å². The summed E-state index contributed by atoms with van der Waals surface area (Å²) in [6.45, 7) is 2.76. The van der Waals surface area contributed by atoms with Crippen LogP contribution in [0, 0.1) is 6.92 Å². The molecule has 2 heterocycles. The first-order valence-electron chi connectivity index (χ1n) is 8.76. The average Bonchev–Trinajstić information content (AvgIpc) is 3.16. The molecule has 0 saturated heterocycles. The van der Waals surface area contributed by atoms with Crippen LogP contribution < -0.4 is 9.64 Å². The van der Waals surface area contributed by atoms with Gasteiger partial charge in [0.1, 0.15) is 17.9 Å². The molecule has 0 fully saturated rings. The lowest BCUT2D eigenvalue weighted by molar-refractivity contribution is 0.409. The van der Waals surface area contributed by atoms with Gasteiger partial charge in [-0.05, 0) is 13.0 Å². The molecule has 6 heteroatoms. The van der Waals surface area contributed by atoms with Crippen LogP contribution in [0.25, 0.3) is 17.0 Å². The van der Waals surface area contributed by atoms with Gasteiger partial charge in [0.25, 0.3) is 5.78 Å². The molecule has 0 aliphatic carbocycles. The summed E-state index contributed by atoms with van der Waals surface area (Å²) in [6.07, 6.45) is 1.53. The van der Waals surface area contributed by atoms with Gasteiger partial charge in [-0.25, -0.2) is 4.98 Å². The molecule has 0 aliphatic rings. The third-order valence-corrected chi connectivity index (χ3v) is 4.54. The quantitative estimate of drug-likeness (QED) is 0.543. The van der Waals surface area contributed by atoms with E-state index in [1.54, 1.807) is 11.6 Å². The van der Waals surface area contributed by atoms with Crippen molar-refractivity contribution in [3.63, 3.8) is 0 Å². The first-order valence-corrected chi connectivity index (χ1v) is 8.76. The number of hydrogen-bond acceptors (Lipinski definition) is 5. The number of fused-ring (bicyclic) bond motifs is 1. The standard InChI is InChI=1S/C21H21N5O/c1-15-9-10-19(27-3)17(11-15)13-25(2)20-12-18(16-7-5-4-6-8-16)24-21-22-14-23-26(20)21/h4-12,14H,13H2,1-3H3. The fraction of sp³-hybridized carbons (Fsp3) is 0.190. The van der Waals surface area contributed by atoms with Crippen LogP contribution in [0.1, 0.15) is 11.1 Å². The largest absolute Gasteiger partial charge is 0.496 e. The maximum Gasteiger partial charge on any atom is 0.254 e. The molecule has 0 spiro atoms. The lowest BCUT2D eigenvalue weighted by Gasteiger charge is -2.22. The second-order valence-corrected chi connectivity index (χ2v) is 6.51. The van der Waals surface area contributed by atoms with Crippen LogP contribution in [-0.4, -0.2) is 33.7 Å². The summed E-state index contributed by atoms with van der Waals surface area (Å²) in [7, 11) is 3.73. The molecule has 0 amide bonds. The molecule has 4 aromatic rings. The first-order chi connectivity index (χ1) is 13.2. The summed E-state index contributed by atoms with van der Waals surface area (Å²) in [6, 6.07) is 18.3. The van der Waals surface area contributed by atoms with Crippen LogP contribution in [0.4, 0.5) is 5.82 Å². The van der Waals surface area contributed by atoms with Gasteiger partial charge < -0.3 is 9.64 Å². The number of aryl methyl sites for hydroxylation is 1. The van der Waals surface area contributed by atoms with Gasteiger partial charge in [0.15, 0.2) is 0 Å². The molecule has 0 saturated carbocycles. The van der Waals surface area contributed by atoms with E-state index in [0.29, 0.717) is 12.3 Å². The average molecular weight is 359 g/mol. The smallest absolute Gasteiger partial charge is 0.254 e. The lowest BCUT2D eigenvalue weighted by atomic mass is 10.1. The highest BCUT2D eigenvalue weighted by Gasteiger charge is 2.14. The van der Waals surface area contributed by atoms with Crippen LogP contribution in [0.3, 0.4) is 0 Å². The van der Waals surface area contributed by atoms with Gasteiger partial charge in [0, 0.05) is 30.8 Å². The number of nitrogens with zero attached hydrogens (tertiary/aromatic N) is 5. The van der Waals surface area contributed by atoms with Gasteiger partial charge in [0.05, 0.1) is 12.8 Å². The number of rotatable bonds is 5. The summed E-state index contributed by atoms with van der Waals surface area (Å²) in [5.41, 5.74) is 4.23. The molecule has 0 atom stereocenters. The summed E-state index contributed by atoms with van der Waals surface area (Å²) in [4.78, 5) is 11.1. The van der Waals surface area contributed by atoms with Crippen molar-refractivity contribution in [1.29, 1.82) is 0 Å². The molecule has 6 nitrogen and oxygen atoms in total. The van der Waals surface area contributed by atoms with Gasteiger partial charge in [-0.3, -0.25) is 0 Å². The number of hydrogen-bond donors (Lipinski definition) is 0. The molecule has 0 bridgehead atoms. The highest BCUT2D eigenvalue weighted by Crippen LogP contribution is 2.26. The van der Waals surface area contributed by atoms with E-state index in [2.05, 4.69) is 39.0 Å². The number of methoxy groups -OCH3 is 1. The Labute approximate surface area is 158 Å². The Hall–Kier alpha value is -3.41. The Morgan fingerprint density at radius 3 is 2.67 bits per heavy atom. The molecule has 2 aromatic heterocycles. The van der Waals surface area contributed by atoms with Crippen molar-refractivity contribution >= 4 is 11.6 Å². The van der Waals surface area contributed by atoms with Gasteiger partial charge in [0.2, 0.25) is 0 Å². The maximum absolute atomic E-state index is 5.53. The monoisotopic (exact) mass is 359 g/mol. The highest BCUT2D eigenvalue weighted by atomic mass is 16.5. The third-order valence-electron chi connectivity index (χ3n) is 4.54. The zero-order chi connectivity index (χ0) is 18.8. The summed E-state index contributed by atoms with van der Waals surface area (Å²) < 4.78 is 7.29. The van der Waals surface area contributed by atoms with Crippen molar-refractivity contribution in [2.75, 3.05) is 19.1 Å². The molecule has 0 aliphatic heterocycles. The van der Waals surface area contributed by atoms with E-state index in [0.717, 1.165) is 28.4 Å². The Morgan fingerprint density at radius 2 is 1.89 bits per heavy atom. The second kappa shape index (κ2) is 7.07. The normalized spacial score (nSPS) is 10.9. The highest BCUT2D eigenvalue weighted by molar-refractivity contribution is 5.65. The van der Waals surface area contributed by atoms with Crippen molar-refractivity contribution in [2.24, 2.45) is 0 Å². The van der Waals surface area contributed by atoms with E-state index < -0.39 is 0 Å². The molecule has 136 valence electrons. The predicted molar refractivity (Wildman–Crippen MR) is 106 cm³/mol. The van der Waals surface area contributed by atoms with Crippen molar-refractivity contribution in [2.45, 2.75) is 13.5 Å². The van der Waals surface area contributed by atoms with E-state index >= 15 is 0 Å². The zero-order valence-electron chi connectivity index (χ0n) is 15.6. The van der Waals surface area contributed by atoms with Crippen LogP contribution in [0.15, 0.2) is 60.9 Å². The third kappa shape index (κ3) is 3.33. The van der Waals surface area contributed by atoms with E-state index in [1.807, 2.05) is 49.5 Å². The van der Waals surface area contributed by atoms with Gasteiger partial charge in [-0.1, -0.05) is 48.0 Å². The van der Waals surface area contributed by atoms with Crippen LogP contribution in [-0.2, 0) is 6.54 Å². The SMILES string of the molecule is COc1ccc(C)cc1CN(C)c1cc(-c2ccccc2)nc2ncnn12. The minimum absolute atomic E-state index is 0.578. The zero-order valence-corrected chi connectivity index (χ0v) is 15.6. The number of benzene rings is 2. The minimum Gasteiger partial charge on any atom is -0.496 e. The van der Waals surface area contributed by atoms with Crippen molar-refractivity contribution in [3.8, 4) is 17.0 Å². The first kappa shape index (κ1) is 17.0. The van der Waals surface area contributed by atoms with E-state index in [-0.39, 0.29) is 0 Å². The molecule has 0 N–H and O–H groups in total. The van der Waals surface area contributed by atoms with Crippen molar-refractivity contribution < 1.29 is 4.74 Å². The predicted octanol–water partition coefficient (Wildman–Crippen LogP) is 3.74. The van der Waals surface area contributed by atoms with E-state index in [9.17, 15) is 0 Å². The van der Waals surface area contributed by atoms with Crippen molar-refractivity contribution in [1.82, 2.24) is 19.6 Å². The molecule has 2 aromatic carbocycles. The Kier molecular flexibility index (Phi) is 4.46. The number of ether oxygens (including phenoxy) is 1. The summed E-state index contributed by atoms with van der Waals surface area (Å²) >= 11 is 0. The summed E-state index contributed by atoms with van der Waals surface area (Å²) in [5.74, 6) is 2.37. The fourth-order valence-corrected chi connectivity index (χ4v) is 3.19. The molecule has 27 heavy (non-hydrogen) atoms. The lowest BCUT2D eigenvalue weighted by Crippen LogP contribution is -2.20. The van der Waals surface area contributed by atoms with Gasteiger partial charge in [-0.15, -0.1) is 0 Å². The Bertz CT molecular complexity index is 1070. The number of anilines is 1. The molecular weight excluding hydrogens is 338 g/mol. The van der Waals surface area contributed by atoms with E-state index in [4.69, 9.17) is 4.74 Å². The fourth-order valence-electron chi connectivity index (χ4n) is 3.19. The van der Waals surface area contributed by atoms with Crippen LogP contribution in [0.2, 0.25) is 0 Å². The number of aromatic nitrogens is 4. The van der Waals surface area contributed by atoms with Crippen LogP contribution >= 0.6 is 0 Å². The molecule has 0 radical (unpaired) electrons.